The number of ether oxygens (including phenoxy) is 1. The predicted molar refractivity (Wildman–Crippen MR) is 90.4 cm³/mol. The molecule has 24 heavy (non-hydrogen) atoms. The van der Waals surface area contributed by atoms with Gasteiger partial charge in [-0.2, -0.15) is 0 Å². The number of hydrogen-bond donors (Lipinski definition) is 1. The maximum Gasteiger partial charge on any atom is 0.311 e. The molecule has 0 atom stereocenters. The lowest BCUT2D eigenvalue weighted by molar-refractivity contribution is -0.385. The van der Waals surface area contributed by atoms with Crippen LogP contribution < -0.4 is 4.74 Å². The summed E-state index contributed by atoms with van der Waals surface area (Å²) in [5, 5.41) is 20.2. The SMILES string of the molecule is CCCOc1ccc(C(=O)/C=C/c2ccc(O)c([N+](=O)[O-])c2)cc1. The number of nitro benzene ring substituents is 1. The Morgan fingerprint density at radius 1 is 1.25 bits per heavy atom. The van der Waals surface area contributed by atoms with Gasteiger partial charge in [-0.15, -0.1) is 0 Å². The predicted octanol–water partition coefficient (Wildman–Crippen LogP) is 3.99. The molecule has 0 fully saturated rings. The van der Waals surface area contributed by atoms with Crippen molar-refractivity contribution in [3.05, 3.63) is 69.8 Å². The molecule has 0 aliphatic carbocycles. The van der Waals surface area contributed by atoms with Gasteiger partial charge in [-0.1, -0.05) is 19.1 Å². The van der Waals surface area contributed by atoms with Gasteiger partial charge in [-0.25, -0.2) is 0 Å². The van der Waals surface area contributed by atoms with E-state index >= 15 is 0 Å². The van der Waals surface area contributed by atoms with Gasteiger partial charge >= 0.3 is 5.69 Å². The summed E-state index contributed by atoms with van der Waals surface area (Å²) in [6.07, 6.45) is 3.70. The number of aromatic hydroxyl groups is 1. The summed E-state index contributed by atoms with van der Waals surface area (Å²) in [6.45, 7) is 2.63. The zero-order chi connectivity index (χ0) is 17.5. The van der Waals surface area contributed by atoms with E-state index in [1.165, 1.54) is 30.4 Å². The minimum Gasteiger partial charge on any atom is -0.502 e. The maximum absolute atomic E-state index is 12.1. The van der Waals surface area contributed by atoms with E-state index in [4.69, 9.17) is 4.74 Å². The van der Waals surface area contributed by atoms with Gasteiger partial charge in [-0.3, -0.25) is 14.9 Å². The Labute approximate surface area is 139 Å². The average molecular weight is 327 g/mol. The highest BCUT2D eigenvalue weighted by Crippen LogP contribution is 2.26. The number of carbonyl (C=O) groups is 1. The van der Waals surface area contributed by atoms with E-state index in [1.807, 2.05) is 6.92 Å². The maximum atomic E-state index is 12.1. The van der Waals surface area contributed by atoms with Gasteiger partial charge in [0.1, 0.15) is 5.75 Å². The van der Waals surface area contributed by atoms with E-state index in [1.54, 1.807) is 24.3 Å². The van der Waals surface area contributed by atoms with Crippen LogP contribution in [0.25, 0.3) is 6.08 Å². The molecule has 0 bridgehead atoms. The molecule has 0 spiro atoms. The summed E-state index contributed by atoms with van der Waals surface area (Å²) < 4.78 is 5.45. The quantitative estimate of drug-likeness (QED) is 0.359. The van der Waals surface area contributed by atoms with Crippen molar-refractivity contribution in [3.63, 3.8) is 0 Å². The van der Waals surface area contributed by atoms with E-state index in [9.17, 15) is 20.0 Å². The van der Waals surface area contributed by atoms with Gasteiger partial charge in [-0.05, 0) is 48.4 Å². The second-order valence-corrected chi connectivity index (χ2v) is 5.08. The smallest absolute Gasteiger partial charge is 0.311 e. The summed E-state index contributed by atoms with van der Waals surface area (Å²) in [7, 11) is 0. The average Bonchev–Trinajstić information content (AvgIpc) is 2.59. The van der Waals surface area contributed by atoms with Crippen molar-refractivity contribution < 1.29 is 19.6 Å². The van der Waals surface area contributed by atoms with Crippen LogP contribution in [-0.2, 0) is 0 Å². The van der Waals surface area contributed by atoms with Crippen molar-refractivity contribution in [3.8, 4) is 11.5 Å². The molecule has 0 heterocycles. The molecule has 2 aromatic rings. The number of allylic oxidation sites excluding steroid dienone is 1. The van der Waals surface area contributed by atoms with Crippen molar-refractivity contribution in [1.82, 2.24) is 0 Å². The molecule has 0 saturated heterocycles. The topological polar surface area (TPSA) is 89.7 Å². The van der Waals surface area contributed by atoms with E-state index < -0.39 is 16.4 Å². The number of ketones is 1. The molecule has 1 N–H and O–H groups in total. The number of nitrogens with zero attached hydrogens (tertiary/aromatic N) is 1. The molecule has 0 amide bonds. The van der Waals surface area contributed by atoms with Crippen LogP contribution in [0.15, 0.2) is 48.5 Å². The second-order valence-electron chi connectivity index (χ2n) is 5.08. The molecular formula is C18H17NO5. The fourth-order valence-electron chi connectivity index (χ4n) is 1.99. The van der Waals surface area contributed by atoms with Crippen LogP contribution in [0.1, 0.15) is 29.3 Å². The minimum absolute atomic E-state index is 0.229. The third-order valence-electron chi connectivity index (χ3n) is 3.24. The molecule has 0 aromatic heterocycles. The van der Waals surface area contributed by atoms with E-state index in [-0.39, 0.29) is 5.78 Å². The molecular weight excluding hydrogens is 310 g/mol. The van der Waals surface area contributed by atoms with Gasteiger partial charge in [0, 0.05) is 11.6 Å². The first-order valence-corrected chi connectivity index (χ1v) is 7.44. The molecule has 2 aromatic carbocycles. The number of hydrogen-bond acceptors (Lipinski definition) is 5. The van der Waals surface area contributed by atoms with Crippen molar-refractivity contribution in [2.75, 3.05) is 6.61 Å². The van der Waals surface area contributed by atoms with Crippen molar-refractivity contribution in [1.29, 1.82) is 0 Å². The van der Waals surface area contributed by atoms with Crippen LogP contribution in [-0.4, -0.2) is 22.4 Å². The molecule has 0 unspecified atom stereocenters. The summed E-state index contributed by atoms with van der Waals surface area (Å²) in [6, 6.07) is 10.7. The van der Waals surface area contributed by atoms with Crippen molar-refractivity contribution >= 4 is 17.5 Å². The molecule has 6 nitrogen and oxygen atoms in total. The third-order valence-corrected chi connectivity index (χ3v) is 3.24. The number of rotatable bonds is 7. The molecule has 2 rings (SSSR count). The lowest BCUT2D eigenvalue weighted by Crippen LogP contribution is -1.97. The first-order valence-electron chi connectivity index (χ1n) is 7.44. The molecule has 0 aliphatic heterocycles. The lowest BCUT2D eigenvalue weighted by atomic mass is 10.1. The Balaban J connectivity index is 2.10. The van der Waals surface area contributed by atoms with E-state index in [2.05, 4.69) is 0 Å². The van der Waals surface area contributed by atoms with Gasteiger partial charge in [0.15, 0.2) is 11.5 Å². The molecule has 6 heteroatoms. The summed E-state index contributed by atoms with van der Waals surface area (Å²) >= 11 is 0. The Bertz CT molecular complexity index is 765. The van der Waals surface area contributed by atoms with Gasteiger partial charge in [0.2, 0.25) is 0 Å². The van der Waals surface area contributed by atoms with Crippen molar-refractivity contribution in [2.24, 2.45) is 0 Å². The first-order chi connectivity index (χ1) is 11.5. The number of nitro groups is 1. The molecule has 0 aliphatic rings. The number of phenolic OH excluding ortho intramolecular Hbond substituents is 1. The zero-order valence-electron chi connectivity index (χ0n) is 13.1. The van der Waals surface area contributed by atoms with E-state index in [0.29, 0.717) is 23.5 Å². The van der Waals surface area contributed by atoms with Gasteiger partial charge < -0.3 is 9.84 Å². The standard InChI is InChI=1S/C18H17NO5/c1-2-11-24-15-7-5-14(6-8-15)17(20)9-3-13-4-10-18(21)16(12-13)19(22)23/h3-10,12,21H,2,11H2,1H3/b9-3+. The van der Waals surface area contributed by atoms with Crippen LogP contribution in [0.3, 0.4) is 0 Å². The highest BCUT2D eigenvalue weighted by molar-refractivity contribution is 6.06. The van der Waals surface area contributed by atoms with Crippen LogP contribution >= 0.6 is 0 Å². The number of phenols is 1. The highest BCUT2D eigenvalue weighted by atomic mass is 16.6. The molecule has 0 saturated carbocycles. The van der Waals surface area contributed by atoms with Crippen LogP contribution in [0.4, 0.5) is 5.69 Å². The Hall–Kier alpha value is -3.15. The largest absolute Gasteiger partial charge is 0.502 e. The zero-order valence-corrected chi connectivity index (χ0v) is 13.1. The van der Waals surface area contributed by atoms with Gasteiger partial charge in [0.05, 0.1) is 11.5 Å². The second kappa shape index (κ2) is 7.92. The fourth-order valence-corrected chi connectivity index (χ4v) is 1.99. The van der Waals surface area contributed by atoms with Crippen molar-refractivity contribution in [2.45, 2.75) is 13.3 Å². The number of carbonyl (C=O) groups excluding carboxylic acids is 1. The summed E-state index contributed by atoms with van der Waals surface area (Å²) in [5.41, 5.74) is 0.543. The monoisotopic (exact) mass is 327 g/mol. The minimum atomic E-state index is -0.677. The van der Waals surface area contributed by atoms with E-state index in [0.717, 1.165) is 6.42 Å². The summed E-state index contributed by atoms with van der Waals surface area (Å²) in [4.78, 5) is 22.2. The highest BCUT2D eigenvalue weighted by Gasteiger charge is 2.12. The number of benzene rings is 2. The molecule has 0 radical (unpaired) electrons. The summed E-state index contributed by atoms with van der Waals surface area (Å²) in [5.74, 6) is 0.0606. The third kappa shape index (κ3) is 4.42. The molecule has 124 valence electrons. The Morgan fingerprint density at radius 2 is 1.96 bits per heavy atom. The fraction of sp³-hybridized carbons (Fsp3) is 0.167. The Kier molecular flexibility index (Phi) is 5.68. The lowest BCUT2D eigenvalue weighted by Gasteiger charge is -2.04. The first kappa shape index (κ1) is 17.2. The Morgan fingerprint density at radius 3 is 2.58 bits per heavy atom. The normalized spacial score (nSPS) is 10.7. The van der Waals surface area contributed by atoms with Crippen LogP contribution in [0, 0.1) is 10.1 Å². The van der Waals surface area contributed by atoms with Gasteiger partial charge in [0.25, 0.3) is 0 Å². The van der Waals surface area contributed by atoms with Crippen LogP contribution in [0.5, 0.6) is 11.5 Å². The van der Waals surface area contributed by atoms with Crippen LogP contribution in [0.2, 0.25) is 0 Å².